The van der Waals surface area contributed by atoms with Crippen LogP contribution in [-0.2, 0) is 5.41 Å². The first kappa shape index (κ1) is 9.72. The highest BCUT2D eigenvalue weighted by Gasteiger charge is 2.35. The van der Waals surface area contributed by atoms with Crippen molar-refractivity contribution in [2.45, 2.75) is 30.5 Å². The number of hydrogen-bond donors (Lipinski definition) is 0. The van der Waals surface area contributed by atoms with Gasteiger partial charge in [0.15, 0.2) is 0 Å². The standard InChI is InChI=1S/C11H12Br2/c1-11(2)6-10(13)8-5-7(12)3-4-9(8)11/h3-5,10H,6H2,1-2H3. The molecule has 0 aliphatic heterocycles. The van der Waals surface area contributed by atoms with Crippen LogP contribution in [0.4, 0.5) is 0 Å². The Hall–Kier alpha value is 0.180. The van der Waals surface area contributed by atoms with Crippen LogP contribution in [-0.4, -0.2) is 0 Å². The van der Waals surface area contributed by atoms with Crippen LogP contribution in [0.15, 0.2) is 22.7 Å². The zero-order valence-electron chi connectivity index (χ0n) is 7.77. The average Bonchev–Trinajstić information content (AvgIpc) is 2.22. The molecule has 0 radical (unpaired) electrons. The molecule has 1 aliphatic rings. The van der Waals surface area contributed by atoms with Crippen molar-refractivity contribution in [3.8, 4) is 0 Å². The Morgan fingerprint density at radius 1 is 1.38 bits per heavy atom. The number of rotatable bonds is 0. The number of hydrogen-bond acceptors (Lipinski definition) is 0. The van der Waals surface area contributed by atoms with Gasteiger partial charge in [0.2, 0.25) is 0 Å². The van der Waals surface area contributed by atoms with Crippen molar-refractivity contribution in [2.24, 2.45) is 0 Å². The Morgan fingerprint density at radius 3 is 2.77 bits per heavy atom. The summed E-state index contributed by atoms with van der Waals surface area (Å²) in [6.45, 7) is 4.61. The third-order valence-electron chi connectivity index (χ3n) is 2.77. The van der Waals surface area contributed by atoms with Crippen LogP contribution < -0.4 is 0 Å². The van der Waals surface area contributed by atoms with E-state index in [9.17, 15) is 0 Å². The van der Waals surface area contributed by atoms with Gasteiger partial charge >= 0.3 is 0 Å². The van der Waals surface area contributed by atoms with Gasteiger partial charge in [0, 0.05) is 9.30 Å². The van der Waals surface area contributed by atoms with E-state index in [0.717, 1.165) is 0 Å². The predicted octanol–water partition coefficient (Wildman–Crippen LogP) is 4.57. The van der Waals surface area contributed by atoms with Crippen molar-refractivity contribution in [1.82, 2.24) is 0 Å². The third-order valence-corrected chi connectivity index (χ3v) is 4.08. The smallest absolute Gasteiger partial charge is 0.0406 e. The maximum atomic E-state index is 3.73. The molecule has 1 unspecified atom stereocenters. The Bertz CT molecular complexity index is 342. The summed E-state index contributed by atoms with van der Waals surface area (Å²) in [5, 5.41) is 0. The summed E-state index contributed by atoms with van der Waals surface area (Å²) in [6, 6.07) is 6.59. The zero-order chi connectivity index (χ0) is 9.64. The summed E-state index contributed by atoms with van der Waals surface area (Å²) in [4.78, 5) is 0.523. The zero-order valence-corrected chi connectivity index (χ0v) is 10.9. The fraction of sp³-hybridized carbons (Fsp3) is 0.455. The summed E-state index contributed by atoms with van der Waals surface area (Å²) in [6.07, 6.45) is 1.19. The maximum absolute atomic E-state index is 3.73. The first-order chi connectivity index (χ1) is 6.00. The highest BCUT2D eigenvalue weighted by molar-refractivity contribution is 9.10. The van der Waals surface area contributed by atoms with Gasteiger partial charge in [0.1, 0.15) is 0 Å². The molecular formula is C11H12Br2. The van der Waals surface area contributed by atoms with E-state index >= 15 is 0 Å². The highest BCUT2D eigenvalue weighted by Crippen LogP contribution is 2.49. The number of halogens is 2. The van der Waals surface area contributed by atoms with Crippen LogP contribution in [0.1, 0.15) is 36.2 Å². The fourth-order valence-corrected chi connectivity index (χ4v) is 3.64. The first-order valence-electron chi connectivity index (χ1n) is 4.45. The lowest BCUT2D eigenvalue weighted by Crippen LogP contribution is -2.11. The molecule has 0 fully saturated rings. The van der Waals surface area contributed by atoms with Gasteiger partial charge in [-0.2, -0.15) is 0 Å². The third kappa shape index (κ3) is 1.59. The molecule has 13 heavy (non-hydrogen) atoms. The van der Waals surface area contributed by atoms with Crippen molar-refractivity contribution in [2.75, 3.05) is 0 Å². The van der Waals surface area contributed by atoms with Gasteiger partial charge in [-0.25, -0.2) is 0 Å². The Balaban J connectivity index is 2.59. The first-order valence-corrected chi connectivity index (χ1v) is 6.15. The van der Waals surface area contributed by atoms with E-state index in [1.165, 1.54) is 22.0 Å². The van der Waals surface area contributed by atoms with E-state index in [4.69, 9.17) is 0 Å². The van der Waals surface area contributed by atoms with E-state index < -0.39 is 0 Å². The van der Waals surface area contributed by atoms with Crippen molar-refractivity contribution in [3.05, 3.63) is 33.8 Å². The lowest BCUT2D eigenvalue weighted by atomic mass is 9.87. The van der Waals surface area contributed by atoms with Gasteiger partial charge in [-0.1, -0.05) is 51.8 Å². The molecule has 2 rings (SSSR count). The van der Waals surface area contributed by atoms with Gasteiger partial charge in [-0.3, -0.25) is 0 Å². The molecule has 2 heteroatoms. The second-order valence-electron chi connectivity index (χ2n) is 4.29. The van der Waals surface area contributed by atoms with Crippen molar-refractivity contribution >= 4 is 31.9 Å². The van der Waals surface area contributed by atoms with Crippen LogP contribution in [0.3, 0.4) is 0 Å². The molecule has 0 heterocycles. The minimum absolute atomic E-state index is 0.324. The molecule has 0 nitrogen and oxygen atoms in total. The Labute approximate surface area is 96.0 Å². The van der Waals surface area contributed by atoms with Crippen molar-refractivity contribution in [1.29, 1.82) is 0 Å². The summed E-state index contributed by atoms with van der Waals surface area (Å²) in [5.74, 6) is 0. The van der Waals surface area contributed by atoms with Crippen molar-refractivity contribution in [3.63, 3.8) is 0 Å². The van der Waals surface area contributed by atoms with Crippen LogP contribution in [0.25, 0.3) is 0 Å². The van der Waals surface area contributed by atoms with Gasteiger partial charge in [-0.05, 0) is 35.1 Å². The minimum Gasteiger partial charge on any atom is -0.0838 e. The van der Waals surface area contributed by atoms with E-state index in [-0.39, 0.29) is 0 Å². The van der Waals surface area contributed by atoms with E-state index in [1.807, 2.05) is 0 Å². The average molecular weight is 304 g/mol. The van der Waals surface area contributed by atoms with Crippen LogP contribution in [0, 0.1) is 0 Å². The largest absolute Gasteiger partial charge is 0.0838 e. The second kappa shape index (κ2) is 3.09. The molecule has 1 aliphatic carbocycles. The predicted molar refractivity (Wildman–Crippen MR) is 63.5 cm³/mol. The number of alkyl halides is 1. The summed E-state index contributed by atoms with van der Waals surface area (Å²) < 4.78 is 1.17. The molecule has 0 spiro atoms. The molecule has 1 aromatic carbocycles. The second-order valence-corrected chi connectivity index (χ2v) is 6.31. The minimum atomic E-state index is 0.324. The summed E-state index contributed by atoms with van der Waals surface area (Å²) in [5.41, 5.74) is 3.25. The van der Waals surface area contributed by atoms with Gasteiger partial charge < -0.3 is 0 Å². The molecule has 0 N–H and O–H groups in total. The van der Waals surface area contributed by atoms with E-state index in [0.29, 0.717) is 10.2 Å². The molecule has 70 valence electrons. The molecule has 1 atom stereocenters. The molecule has 0 aromatic heterocycles. The molecular weight excluding hydrogens is 292 g/mol. The van der Waals surface area contributed by atoms with Crippen molar-refractivity contribution < 1.29 is 0 Å². The lowest BCUT2D eigenvalue weighted by molar-refractivity contribution is 0.521. The molecule has 0 saturated heterocycles. The summed E-state index contributed by atoms with van der Waals surface area (Å²) >= 11 is 7.24. The topological polar surface area (TPSA) is 0 Å². The normalized spacial score (nSPS) is 24.5. The lowest BCUT2D eigenvalue weighted by Gasteiger charge is -2.18. The Kier molecular flexibility index (Phi) is 2.31. The molecule has 0 amide bonds. The van der Waals surface area contributed by atoms with Gasteiger partial charge in [-0.15, -0.1) is 0 Å². The molecule has 1 aromatic rings. The highest BCUT2D eigenvalue weighted by atomic mass is 79.9. The number of fused-ring (bicyclic) bond motifs is 1. The van der Waals surface area contributed by atoms with Crippen LogP contribution in [0.5, 0.6) is 0 Å². The SMILES string of the molecule is CC1(C)CC(Br)c2cc(Br)ccc21. The number of benzene rings is 1. The van der Waals surface area contributed by atoms with E-state index in [2.05, 4.69) is 63.9 Å². The summed E-state index contributed by atoms with van der Waals surface area (Å²) in [7, 11) is 0. The van der Waals surface area contributed by atoms with Crippen LogP contribution >= 0.6 is 31.9 Å². The van der Waals surface area contributed by atoms with Gasteiger partial charge in [0.25, 0.3) is 0 Å². The Morgan fingerprint density at radius 2 is 2.08 bits per heavy atom. The van der Waals surface area contributed by atoms with Crippen LogP contribution in [0.2, 0.25) is 0 Å². The molecule has 0 saturated carbocycles. The molecule has 0 bridgehead atoms. The maximum Gasteiger partial charge on any atom is 0.0406 e. The van der Waals surface area contributed by atoms with E-state index in [1.54, 1.807) is 0 Å². The quantitative estimate of drug-likeness (QED) is 0.616. The monoisotopic (exact) mass is 302 g/mol. The van der Waals surface area contributed by atoms with Gasteiger partial charge in [0.05, 0.1) is 0 Å². The fourth-order valence-electron chi connectivity index (χ4n) is 2.08.